The topological polar surface area (TPSA) is 63.6 Å². The third-order valence-electron chi connectivity index (χ3n) is 3.82. The van der Waals surface area contributed by atoms with Crippen LogP contribution in [0.4, 0.5) is 0 Å². The fraction of sp³-hybridized carbons (Fsp3) is 0.300. The summed E-state index contributed by atoms with van der Waals surface area (Å²) in [5, 5.41) is 8.85. The molecule has 0 saturated heterocycles. The minimum Gasteiger partial charge on any atom is -0.478 e. The standard InChI is InChI=1S/C20H22O4/c1-2-3-4-5-6-15-7-9-17(10-8-15)20(23)24-18-13-11-16(12-14-18)19(21)22/h7-14H,2-6H2,1H3,(H,21,22). The minimum absolute atomic E-state index is 0.155. The zero-order valence-corrected chi connectivity index (χ0v) is 13.8. The van der Waals surface area contributed by atoms with Crippen molar-refractivity contribution in [1.82, 2.24) is 0 Å². The molecular weight excluding hydrogens is 304 g/mol. The molecule has 2 aromatic carbocycles. The first kappa shape index (κ1) is 17.7. The van der Waals surface area contributed by atoms with Gasteiger partial charge in [0.2, 0.25) is 0 Å². The highest BCUT2D eigenvalue weighted by molar-refractivity contribution is 5.91. The van der Waals surface area contributed by atoms with E-state index < -0.39 is 11.9 Å². The molecule has 0 atom stereocenters. The molecule has 0 aliphatic rings. The number of rotatable bonds is 8. The molecule has 0 aliphatic heterocycles. The maximum absolute atomic E-state index is 12.1. The number of carbonyl (C=O) groups is 2. The van der Waals surface area contributed by atoms with Gasteiger partial charge in [0.1, 0.15) is 5.75 Å². The third-order valence-corrected chi connectivity index (χ3v) is 3.82. The van der Waals surface area contributed by atoms with Crippen LogP contribution in [0.1, 0.15) is 58.9 Å². The number of esters is 1. The lowest BCUT2D eigenvalue weighted by Gasteiger charge is -2.06. The predicted octanol–water partition coefficient (Wildman–Crippen LogP) is 4.73. The van der Waals surface area contributed by atoms with Crippen LogP contribution < -0.4 is 4.74 Å². The van der Waals surface area contributed by atoms with Crippen LogP contribution in [0.5, 0.6) is 5.75 Å². The van der Waals surface area contributed by atoms with Gasteiger partial charge in [0.15, 0.2) is 0 Å². The molecule has 0 saturated carbocycles. The van der Waals surface area contributed by atoms with Gasteiger partial charge in [-0.3, -0.25) is 0 Å². The number of carboxylic acids is 1. The van der Waals surface area contributed by atoms with E-state index in [-0.39, 0.29) is 5.56 Å². The largest absolute Gasteiger partial charge is 0.478 e. The van der Waals surface area contributed by atoms with Gasteiger partial charge in [0.05, 0.1) is 11.1 Å². The second kappa shape index (κ2) is 8.87. The lowest BCUT2D eigenvalue weighted by atomic mass is 10.0. The van der Waals surface area contributed by atoms with Crippen LogP contribution in [0.25, 0.3) is 0 Å². The maximum atomic E-state index is 12.1. The van der Waals surface area contributed by atoms with Crippen molar-refractivity contribution < 1.29 is 19.4 Å². The fourth-order valence-electron chi connectivity index (χ4n) is 2.39. The van der Waals surface area contributed by atoms with E-state index in [0.717, 1.165) is 12.8 Å². The van der Waals surface area contributed by atoms with E-state index in [9.17, 15) is 9.59 Å². The zero-order chi connectivity index (χ0) is 17.4. The Morgan fingerprint density at radius 3 is 2.08 bits per heavy atom. The first-order valence-corrected chi connectivity index (χ1v) is 8.24. The molecule has 0 aliphatic carbocycles. The molecule has 2 rings (SSSR count). The average Bonchev–Trinajstić information content (AvgIpc) is 2.59. The molecule has 0 bridgehead atoms. The number of aromatic carboxylic acids is 1. The number of ether oxygens (including phenoxy) is 1. The van der Waals surface area contributed by atoms with Gasteiger partial charge >= 0.3 is 11.9 Å². The number of unbranched alkanes of at least 4 members (excludes halogenated alkanes) is 3. The van der Waals surface area contributed by atoms with Crippen molar-refractivity contribution in [2.24, 2.45) is 0 Å². The molecule has 0 amide bonds. The maximum Gasteiger partial charge on any atom is 0.343 e. The van der Waals surface area contributed by atoms with Crippen LogP contribution >= 0.6 is 0 Å². The molecule has 0 radical (unpaired) electrons. The third kappa shape index (κ3) is 5.23. The molecule has 4 heteroatoms. The van der Waals surface area contributed by atoms with Gasteiger partial charge in [-0.05, 0) is 54.8 Å². The Morgan fingerprint density at radius 2 is 1.50 bits per heavy atom. The molecule has 24 heavy (non-hydrogen) atoms. The highest BCUT2D eigenvalue weighted by atomic mass is 16.5. The van der Waals surface area contributed by atoms with E-state index in [1.165, 1.54) is 49.1 Å². The average molecular weight is 326 g/mol. The molecule has 0 unspecified atom stereocenters. The summed E-state index contributed by atoms with van der Waals surface area (Å²) in [6, 6.07) is 13.2. The van der Waals surface area contributed by atoms with E-state index >= 15 is 0 Å². The summed E-state index contributed by atoms with van der Waals surface area (Å²) in [4.78, 5) is 22.9. The summed E-state index contributed by atoms with van der Waals surface area (Å²) in [6.45, 7) is 2.19. The SMILES string of the molecule is CCCCCCc1ccc(C(=O)Oc2ccc(C(=O)O)cc2)cc1. The lowest BCUT2D eigenvalue weighted by molar-refractivity contribution is 0.0696. The van der Waals surface area contributed by atoms with Crippen LogP contribution in [0.15, 0.2) is 48.5 Å². The number of carbonyl (C=O) groups excluding carboxylic acids is 1. The number of benzene rings is 2. The number of aryl methyl sites for hydroxylation is 1. The summed E-state index contributed by atoms with van der Waals surface area (Å²) in [7, 11) is 0. The van der Waals surface area contributed by atoms with E-state index in [2.05, 4.69) is 6.92 Å². The second-order valence-electron chi connectivity index (χ2n) is 5.73. The van der Waals surface area contributed by atoms with Crippen molar-refractivity contribution in [3.63, 3.8) is 0 Å². The Balaban J connectivity index is 1.91. The van der Waals surface area contributed by atoms with E-state index in [0.29, 0.717) is 11.3 Å². The fourth-order valence-corrected chi connectivity index (χ4v) is 2.39. The minimum atomic E-state index is -1.01. The molecule has 0 heterocycles. The van der Waals surface area contributed by atoms with E-state index in [4.69, 9.17) is 9.84 Å². The Labute approximate surface area is 142 Å². The van der Waals surface area contributed by atoms with Crippen LogP contribution in [0.2, 0.25) is 0 Å². The Morgan fingerprint density at radius 1 is 0.875 bits per heavy atom. The molecule has 0 fully saturated rings. The number of hydrogen-bond donors (Lipinski definition) is 1. The summed E-state index contributed by atoms with van der Waals surface area (Å²) in [6.07, 6.45) is 5.88. The van der Waals surface area contributed by atoms with Crippen molar-refractivity contribution >= 4 is 11.9 Å². The Kier molecular flexibility index (Phi) is 6.55. The summed E-state index contributed by atoms with van der Waals surface area (Å²) in [5.41, 5.74) is 1.85. The van der Waals surface area contributed by atoms with Gasteiger partial charge in [0.25, 0.3) is 0 Å². The van der Waals surface area contributed by atoms with Crippen LogP contribution in [0, 0.1) is 0 Å². The van der Waals surface area contributed by atoms with Crippen LogP contribution in [-0.4, -0.2) is 17.0 Å². The molecular formula is C20H22O4. The monoisotopic (exact) mass is 326 g/mol. The molecule has 0 aromatic heterocycles. The van der Waals surface area contributed by atoms with Gasteiger partial charge in [-0.2, -0.15) is 0 Å². The smallest absolute Gasteiger partial charge is 0.343 e. The van der Waals surface area contributed by atoms with Gasteiger partial charge in [-0.15, -0.1) is 0 Å². The van der Waals surface area contributed by atoms with Crippen molar-refractivity contribution in [3.8, 4) is 5.75 Å². The van der Waals surface area contributed by atoms with Crippen LogP contribution in [0.3, 0.4) is 0 Å². The molecule has 2 aromatic rings. The quantitative estimate of drug-likeness (QED) is 0.433. The lowest BCUT2D eigenvalue weighted by Crippen LogP contribution is -2.08. The van der Waals surface area contributed by atoms with Gasteiger partial charge in [0, 0.05) is 0 Å². The number of carboxylic acid groups (broad SMARTS) is 1. The van der Waals surface area contributed by atoms with Crippen LogP contribution in [-0.2, 0) is 6.42 Å². The first-order chi connectivity index (χ1) is 11.6. The highest BCUT2D eigenvalue weighted by Crippen LogP contribution is 2.15. The van der Waals surface area contributed by atoms with E-state index in [1.54, 1.807) is 12.1 Å². The zero-order valence-electron chi connectivity index (χ0n) is 13.8. The van der Waals surface area contributed by atoms with Crippen molar-refractivity contribution in [3.05, 3.63) is 65.2 Å². The molecule has 0 spiro atoms. The van der Waals surface area contributed by atoms with E-state index in [1.807, 2.05) is 12.1 Å². The molecule has 126 valence electrons. The summed E-state index contributed by atoms with van der Waals surface area (Å²) >= 11 is 0. The summed E-state index contributed by atoms with van der Waals surface area (Å²) in [5.74, 6) is -1.13. The molecule has 1 N–H and O–H groups in total. The molecule has 4 nitrogen and oxygen atoms in total. The van der Waals surface area contributed by atoms with Crippen molar-refractivity contribution in [2.45, 2.75) is 39.0 Å². The number of hydrogen-bond acceptors (Lipinski definition) is 3. The van der Waals surface area contributed by atoms with Gasteiger partial charge in [-0.1, -0.05) is 38.3 Å². The second-order valence-corrected chi connectivity index (χ2v) is 5.73. The predicted molar refractivity (Wildman–Crippen MR) is 92.6 cm³/mol. The van der Waals surface area contributed by atoms with Gasteiger partial charge in [-0.25, -0.2) is 9.59 Å². The van der Waals surface area contributed by atoms with Gasteiger partial charge < -0.3 is 9.84 Å². The summed E-state index contributed by atoms with van der Waals surface area (Å²) < 4.78 is 5.26. The normalized spacial score (nSPS) is 10.4. The highest BCUT2D eigenvalue weighted by Gasteiger charge is 2.09. The van der Waals surface area contributed by atoms with Crippen molar-refractivity contribution in [2.75, 3.05) is 0 Å². The first-order valence-electron chi connectivity index (χ1n) is 8.24. The Bertz CT molecular complexity index is 672. The van der Waals surface area contributed by atoms with Crippen molar-refractivity contribution in [1.29, 1.82) is 0 Å². The Hall–Kier alpha value is -2.62.